The van der Waals surface area contributed by atoms with Gasteiger partial charge in [0.2, 0.25) is 0 Å². The van der Waals surface area contributed by atoms with Gasteiger partial charge in [-0.15, -0.1) is 0 Å². The Balaban J connectivity index is -0.000000405. The zero-order valence-corrected chi connectivity index (χ0v) is 9.77. The Hall–Kier alpha value is -1.44. The maximum absolute atomic E-state index is 10.1. The third-order valence-corrected chi connectivity index (χ3v) is 0.949. The molecule has 0 aliphatic carbocycles. The Kier molecular flexibility index (Phi) is 13.5. The molecule has 5 nitrogen and oxygen atoms in total. The summed E-state index contributed by atoms with van der Waals surface area (Å²) >= 11 is 0. The molecular weight excluding hydrogens is 501 g/mol. The molecule has 0 bridgehead atoms. The SMILES string of the molecule is O=[C-]NC(CCO)C(=O)O.[Fm].[Pd]. The van der Waals surface area contributed by atoms with Gasteiger partial charge in [-0.25, -0.2) is 0 Å². The molecule has 1 atom stereocenters. The van der Waals surface area contributed by atoms with E-state index >= 15 is 0 Å². The maximum atomic E-state index is 10.1. The Labute approximate surface area is 77.4 Å². The van der Waals surface area contributed by atoms with Gasteiger partial charge in [-0.05, 0) is 6.42 Å². The van der Waals surface area contributed by atoms with Crippen LogP contribution in [0, 0.1) is 0 Å². The molecule has 0 saturated carbocycles. The van der Waals surface area contributed by atoms with E-state index in [1.165, 1.54) is 6.41 Å². The van der Waals surface area contributed by atoms with Crippen LogP contribution in [0.2, 0.25) is 0 Å². The predicted molar refractivity (Wildman–Crippen MR) is 32.0 cm³/mol. The standard InChI is InChI=1S/C5H8NO4.Fm.Pd/c7-2-1-4(5(9)10)6-3-8;;/h4,7H,1-2H2,(H,6,8)(H,9,10);;/q-1;;. The number of aliphatic hydroxyl groups excluding tert-OH is 1. The van der Waals surface area contributed by atoms with Gasteiger partial charge in [0, 0.05) is 27.0 Å². The van der Waals surface area contributed by atoms with Crippen molar-refractivity contribution in [3.05, 3.63) is 0 Å². The summed E-state index contributed by atoms with van der Waals surface area (Å²) in [5.41, 5.74) is 0. The normalized spacial score (nSPS) is 10.1. The van der Waals surface area contributed by atoms with Crippen molar-refractivity contribution in [1.82, 2.24) is 5.32 Å². The predicted octanol–water partition coefficient (Wildman–Crippen LogP) is -1.52. The number of carbonyl (C=O) groups is 1. The van der Waals surface area contributed by atoms with Crippen LogP contribution < -0.4 is 5.32 Å². The van der Waals surface area contributed by atoms with E-state index in [9.17, 15) is 9.59 Å². The molecule has 0 fully saturated rings. The van der Waals surface area contributed by atoms with Gasteiger partial charge in [-0.3, -0.25) is 4.79 Å². The number of carboxylic acid groups (broad SMARTS) is 1. The fourth-order valence-corrected chi connectivity index (χ4v) is 0.458. The molecule has 7 heteroatoms. The van der Waals surface area contributed by atoms with Crippen molar-refractivity contribution in [2.75, 3.05) is 6.61 Å². The second kappa shape index (κ2) is 9.56. The van der Waals surface area contributed by atoms with Crippen LogP contribution in [0.25, 0.3) is 0 Å². The van der Waals surface area contributed by atoms with Crippen LogP contribution in [0.3, 0.4) is 0 Å². The van der Waals surface area contributed by atoms with Crippen molar-refractivity contribution < 1.29 is 40.2 Å². The minimum absolute atomic E-state index is 0. The van der Waals surface area contributed by atoms with Crippen LogP contribution in [0.5, 0.6) is 0 Å². The molecule has 0 radical (unpaired) electrons. The van der Waals surface area contributed by atoms with Gasteiger partial charge >= 0.3 is 5.97 Å². The van der Waals surface area contributed by atoms with Crippen LogP contribution >= 0.6 is 0 Å². The maximum Gasteiger partial charge on any atom is 0.323 e. The number of hydrogen-bond donors (Lipinski definition) is 3. The Morgan fingerprint density at radius 2 is 2.08 bits per heavy atom. The first-order valence-electron chi connectivity index (χ1n) is 2.68. The van der Waals surface area contributed by atoms with Crippen molar-refractivity contribution in [3.8, 4) is 0 Å². The second-order valence-electron chi connectivity index (χ2n) is 1.65. The van der Waals surface area contributed by atoms with Gasteiger partial charge in [0.05, 0.1) is 6.04 Å². The molecule has 1 amide bonds. The minimum atomic E-state index is -1.17. The molecule has 12 heavy (non-hydrogen) atoms. The average Bonchev–Trinajstić information content (AvgIpc) is 1.87. The van der Waals surface area contributed by atoms with E-state index in [0.717, 1.165) is 0 Å². The van der Waals surface area contributed by atoms with Crippen LogP contribution in [-0.2, 0) is 30.0 Å². The molecule has 0 aromatic rings. The molecule has 3 N–H and O–H groups in total. The summed E-state index contributed by atoms with van der Waals surface area (Å²) in [4.78, 5) is 19.7. The van der Waals surface area contributed by atoms with E-state index in [2.05, 4.69) is 0 Å². The fourth-order valence-electron chi connectivity index (χ4n) is 0.458. The summed E-state index contributed by atoms with van der Waals surface area (Å²) in [6.45, 7) is -0.272. The molecule has 0 heterocycles. The van der Waals surface area contributed by atoms with Gasteiger partial charge in [0.1, 0.15) is 0 Å². The first kappa shape index (κ1) is 16.9. The second-order valence-corrected chi connectivity index (χ2v) is 1.65. The first-order chi connectivity index (χ1) is 4.72. The number of aliphatic carboxylic acids is 1. The molecular formula is C5H8FmNO4Pd-. The largest absolute Gasteiger partial charge is 0.520 e. The van der Waals surface area contributed by atoms with Gasteiger partial charge in [0.15, 0.2) is 0 Å². The topological polar surface area (TPSA) is 86.6 Å². The van der Waals surface area contributed by atoms with Crippen molar-refractivity contribution in [3.63, 3.8) is 0 Å². The van der Waals surface area contributed by atoms with Gasteiger partial charge in [-0.2, -0.15) is 6.41 Å². The van der Waals surface area contributed by atoms with E-state index in [0.29, 0.717) is 0 Å². The quantitative estimate of drug-likeness (QED) is 0.239. The third kappa shape index (κ3) is 6.68. The first-order valence-corrected chi connectivity index (χ1v) is 2.68. The fraction of sp³-hybridized carbons (Fsp3) is 0.600. The summed E-state index contributed by atoms with van der Waals surface area (Å²) in [6, 6.07) is -1.03. The van der Waals surface area contributed by atoms with Crippen LogP contribution in [0.15, 0.2) is 0 Å². The van der Waals surface area contributed by atoms with Crippen LogP contribution in [0.4, 0.5) is 0 Å². The summed E-state index contributed by atoms with van der Waals surface area (Å²) < 4.78 is 0. The molecule has 1 unspecified atom stereocenters. The minimum Gasteiger partial charge on any atom is -0.520 e. The molecule has 80 valence electrons. The van der Waals surface area contributed by atoms with Crippen LogP contribution in [-0.4, -0.2) is 35.2 Å². The molecule has 0 spiro atoms. The Morgan fingerprint density at radius 1 is 1.58 bits per heavy atom. The van der Waals surface area contributed by atoms with E-state index in [1.807, 2.05) is 5.32 Å². The zero-order chi connectivity index (χ0) is 7.98. The summed E-state index contributed by atoms with van der Waals surface area (Å²) in [5.74, 6) is -1.17. The zero-order valence-electron chi connectivity index (χ0n) is 5.81. The number of carbonyl (C=O) groups excluding carboxylic acids is 1. The number of carboxylic acids is 1. The van der Waals surface area contributed by atoms with E-state index < -0.39 is 12.0 Å². The number of amides is 1. The van der Waals surface area contributed by atoms with E-state index in [4.69, 9.17) is 10.2 Å². The number of nitrogens with one attached hydrogen (secondary N) is 1. The molecule has 0 aliphatic rings. The Morgan fingerprint density at radius 3 is 2.33 bits per heavy atom. The Bertz CT molecular complexity index is 135. The van der Waals surface area contributed by atoms with Gasteiger partial charge in [0.25, 0.3) is 0 Å². The third-order valence-electron chi connectivity index (χ3n) is 0.949. The molecule has 0 aliphatic heterocycles. The summed E-state index contributed by atoms with van der Waals surface area (Å²) in [6.07, 6.45) is 1.25. The van der Waals surface area contributed by atoms with Crippen molar-refractivity contribution >= 4 is 12.4 Å². The summed E-state index contributed by atoms with van der Waals surface area (Å²) in [7, 11) is 0. The number of aliphatic hydroxyl groups is 1. The van der Waals surface area contributed by atoms with Crippen molar-refractivity contribution in [1.29, 1.82) is 0 Å². The molecule has 0 rings (SSSR count). The number of rotatable bonds is 5. The average molecular weight is 510 g/mol. The van der Waals surface area contributed by atoms with Gasteiger partial charge in [-0.1, -0.05) is 0 Å². The molecule has 0 aromatic carbocycles. The van der Waals surface area contributed by atoms with E-state index in [1.54, 1.807) is 0 Å². The smallest absolute Gasteiger partial charge is 0.323 e. The van der Waals surface area contributed by atoms with Crippen molar-refractivity contribution in [2.45, 2.75) is 12.5 Å². The molecule has 0 saturated heterocycles. The molecule has 0 aromatic heterocycles. The van der Waals surface area contributed by atoms with E-state index in [-0.39, 0.29) is 33.5 Å². The van der Waals surface area contributed by atoms with Gasteiger partial charge < -0.3 is 20.3 Å². The monoisotopic (exact) mass is 509 g/mol. The van der Waals surface area contributed by atoms with Crippen molar-refractivity contribution in [2.24, 2.45) is 0 Å². The number of hydrogen-bond acceptors (Lipinski definition) is 3. The van der Waals surface area contributed by atoms with Crippen LogP contribution in [0.1, 0.15) is 6.42 Å². The summed E-state index contributed by atoms with van der Waals surface area (Å²) in [5, 5.41) is 18.5.